The third-order valence-corrected chi connectivity index (χ3v) is 4.87. The summed E-state index contributed by atoms with van der Waals surface area (Å²) in [7, 11) is -7.52. The second-order valence-corrected chi connectivity index (χ2v) is 8.38. The first-order valence-electron chi connectivity index (χ1n) is 5.56. The van der Waals surface area contributed by atoms with Crippen LogP contribution in [0.5, 0.6) is 0 Å². The molecule has 0 aliphatic rings. The highest BCUT2D eigenvalue weighted by molar-refractivity contribution is 7.91. The van der Waals surface area contributed by atoms with Gasteiger partial charge in [0.05, 0.1) is 15.6 Å². The van der Waals surface area contributed by atoms with Gasteiger partial charge in [-0.15, -0.1) is 0 Å². The van der Waals surface area contributed by atoms with Crippen molar-refractivity contribution in [2.24, 2.45) is 0 Å². The number of hydrogen-bond donors (Lipinski definition) is 1. The van der Waals surface area contributed by atoms with E-state index >= 15 is 0 Å². The zero-order valence-electron chi connectivity index (χ0n) is 11.2. The molecule has 1 rings (SSSR count). The average Bonchev–Trinajstić information content (AvgIpc) is 2.29. The fourth-order valence-corrected chi connectivity index (χ4v) is 3.19. The van der Waals surface area contributed by atoms with Gasteiger partial charge >= 0.3 is 5.69 Å². The molecule has 0 aliphatic heterocycles. The molecule has 0 saturated carbocycles. The van der Waals surface area contributed by atoms with Gasteiger partial charge in [-0.2, -0.15) is 4.39 Å². The van der Waals surface area contributed by atoms with E-state index in [0.29, 0.717) is 6.07 Å². The van der Waals surface area contributed by atoms with Crippen molar-refractivity contribution in [1.29, 1.82) is 0 Å². The summed E-state index contributed by atoms with van der Waals surface area (Å²) in [5.74, 6) is -1.54. The zero-order valence-corrected chi connectivity index (χ0v) is 12.8. The highest BCUT2D eigenvalue weighted by atomic mass is 32.2. The van der Waals surface area contributed by atoms with Gasteiger partial charge in [-0.25, -0.2) is 21.6 Å². The standard InChI is InChI=1S/C10H13FN2O6S2/c1-7-5-8(6-9(10(7)11)13(14)15)21(18,19)12-3-4-20(2,16)17/h5-6,12H,3-4H2,1-2H3. The number of hydrogen-bond acceptors (Lipinski definition) is 6. The number of benzene rings is 1. The molecule has 0 radical (unpaired) electrons. The molecule has 1 aromatic carbocycles. The van der Waals surface area contributed by atoms with Crippen LogP contribution in [0.2, 0.25) is 0 Å². The van der Waals surface area contributed by atoms with Crippen LogP contribution in [0, 0.1) is 22.9 Å². The molecule has 0 bridgehead atoms. The summed E-state index contributed by atoms with van der Waals surface area (Å²) in [4.78, 5) is 9.14. The number of sulfone groups is 1. The molecule has 0 amide bonds. The van der Waals surface area contributed by atoms with Crippen molar-refractivity contribution in [3.8, 4) is 0 Å². The quantitative estimate of drug-likeness (QED) is 0.589. The lowest BCUT2D eigenvalue weighted by atomic mass is 10.2. The Balaban J connectivity index is 3.12. The molecule has 0 unspecified atom stereocenters. The van der Waals surface area contributed by atoms with E-state index in [2.05, 4.69) is 0 Å². The van der Waals surface area contributed by atoms with Crippen LogP contribution in [0.4, 0.5) is 10.1 Å². The number of nitro groups is 1. The molecule has 0 heterocycles. The lowest BCUT2D eigenvalue weighted by Crippen LogP contribution is -2.29. The van der Waals surface area contributed by atoms with Gasteiger partial charge in [0.25, 0.3) is 0 Å². The van der Waals surface area contributed by atoms with Crippen LogP contribution in [0.1, 0.15) is 5.56 Å². The van der Waals surface area contributed by atoms with Gasteiger partial charge in [-0.05, 0) is 18.6 Å². The molecule has 0 aliphatic carbocycles. The molecule has 21 heavy (non-hydrogen) atoms. The Morgan fingerprint density at radius 2 is 1.86 bits per heavy atom. The van der Waals surface area contributed by atoms with Crippen LogP contribution < -0.4 is 4.72 Å². The van der Waals surface area contributed by atoms with Gasteiger partial charge in [-0.3, -0.25) is 10.1 Å². The molecule has 0 fully saturated rings. The first-order valence-corrected chi connectivity index (χ1v) is 9.10. The van der Waals surface area contributed by atoms with Crippen molar-refractivity contribution in [1.82, 2.24) is 4.72 Å². The second kappa shape index (κ2) is 6.03. The van der Waals surface area contributed by atoms with Crippen molar-refractivity contribution in [2.75, 3.05) is 18.6 Å². The number of aryl methyl sites for hydroxylation is 1. The summed E-state index contributed by atoms with van der Waals surface area (Å²) in [6.45, 7) is 0.809. The molecule has 11 heteroatoms. The summed E-state index contributed by atoms with van der Waals surface area (Å²) in [6.07, 6.45) is 0.939. The Hall–Kier alpha value is -1.59. The Morgan fingerprint density at radius 3 is 2.33 bits per heavy atom. The number of nitrogens with one attached hydrogen (secondary N) is 1. The number of sulfonamides is 1. The van der Waals surface area contributed by atoms with Crippen LogP contribution in [-0.4, -0.2) is 40.3 Å². The van der Waals surface area contributed by atoms with E-state index < -0.39 is 46.9 Å². The predicted octanol–water partition coefficient (Wildman–Crippen LogP) is 0.365. The summed E-state index contributed by atoms with van der Waals surface area (Å²) in [5, 5.41) is 10.7. The van der Waals surface area contributed by atoms with Crippen molar-refractivity contribution in [3.05, 3.63) is 33.6 Å². The maximum atomic E-state index is 13.5. The highest BCUT2D eigenvalue weighted by Crippen LogP contribution is 2.24. The van der Waals surface area contributed by atoms with E-state index in [-0.39, 0.29) is 12.1 Å². The molecule has 0 atom stereocenters. The van der Waals surface area contributed by atoms with Gasteiger partial charge in [-0.1, -0.05) is 0 Å². The number of rotatable bonds is 6. The lowest BCUT2D eigenvalue weighted by Gasteiger charge is -2.07. The summed E-state index contributed by atoms with van der Waals surface area (Å²) in [5.41, 5.74) is -1.16. The van der Waals surface area contributed by atoms with E-state index in [1.165, 1.54) is 6.92 Å². The van der Waals surface area contributed by atoms with E-state index in [9.17, 15) is 31.3 Å². The molecular formula is C10H13FN2O6S2. The average molecular weight is 340 g/mol. The smallest absolute Gasteiger partial charge is 0.258 e. The SMILES string of the molecule is Cc1cc(S(=O)(=O)NCCS(C)(=O)=O)cc([N+](=O)[O-])c1F. The minimum absolute atomic E-state index is 0.201. The lowest BCUT2D eigenvalue weighted by molar-refractivity contribution is -0.387. The monoisotopic (exact) mass is 340 g/mol. The fourth-order valence-electron chi connectivity index (χ4n) is 1.45. The zero-order chi connectivity index (χ0) is 16.4. The van der Waals surface area contributed by atoms with Gasteiger partial charge in [0.1, 0.15) is 9.84 Å². The maximum Gasteiger partial charge on any atom is 0.306 e. The van der Waals surface area contributed by atoms with E-state index in [1.807, 2.05) is 4.72 Å². The van der Waals surface area contributed by atoms with Gasteiger partial charge in [0, 0.05) is 18.9 Å². The minimum Gasteiger partial charge on any atom is -0.258 e. The summed E-state index contributed by atoms with van der Waals surface area (Å²) in [6, 6.07) is 1.52. The molecular weight excluding hydrogens is 327 g/mol. The van der Waals surface area contributed by atoms with Crippen LogP contribution in [0.25, 0.3) is 0 Å². The maximum absolute atomic E-state index is 13.5. The van der Waals surface area contributed by atoms with Crippen molar-refractivity contribution in [2.45, 2.75) is 11.8 Å². The molecule has 0 saturated heterocycles. The van der Waals surface area contributed by atoms with Gasteiger partial charge < -0.3 is 0 Å². The molecule has 0 spiro atoms. The van der Waals surface area contributed by atoms with E-state index in [0.717, 1.165) is 12.3 Å². The normalized spacial score (nSPS) is 12.3. The molecule has 1 N–H and O–H groups in total. The van der Waals surface area contributed by atoms with E-state index in [1.54, 1.807) is 0 Å². The topological polar surface area (TPSA) is 123 Å². The van der Waals surface area contributed by atoms with Crippen molar-refractivity contribution >= 4 is 25.5 Å². The summed E-state index contributed by atoms with van der Waals surface area (Å²) < 4.78 is 61.1. The number of nitrogens with zero attached hydrogens (tertiary/aromatic N) is 1. The Labute approximate surface area is 121 Å². The van der Waals surface area contributed by atoms with Crippen LogP contribution in [0.15, 0.2) is 17.0 Å². The molecule has 0 aromatic heterocycles. The van der Waals surface area contributed by atoms with Crippen LogP contribution >= 0.6 is 0 Å². The van der Waals surface area contributed by atoms with E-state index in [4.69, 9.17) is 0 Å². The Bertz CT molecular complexity index is 773. The second-order valence-electron chi connectivity index (χ2n) is 4.36. The van der Waals surface area contributed by atoms with Crippen LogP contribution in [-0.2, 0) is 19.9 Å². The molecule has 1 aromatic rings. The Morgan fingerprint density at radius 1 is 1.29 bits per heavy atom. The number of nitro benzene ring substituents is 1. The number of halogens is 1. The van der Waals surface area contributed by atoms with Crippen molar-refractivity contribution < 1.29 is 26.1 Å². The van der Waals surface area contributed by atoms with Crippen molar-refractivity contribution in [3.63, 3.8) is 0 Å². The van der Waals surface area contributed by atoms with Gasteiger partial charge in [0.15, 0.2) is 0 Å². The highest BCUT2D eigenvalue weighted by Gasteiger charge is 2.23. The first-order chi connectivity index (χ1) is 9.44. The minimum atomic E-state index is -4.16. The predicted molar refractivity (Wildman–Crippen MR) is 72.7 cm³/mol. The fraction of sp³-hybridized carbons (Fsp3) is 0.400. The third-order valence-electron chi connectivity index (χ3n) is 2.48. The summed E-state index contributed by atoms with van der Waals surface area (Å²) >= 11 is 0. The first kappa shape index (κ1) is 17.5. The van der Waals surface area contributed by atoms with Gasteiger partial charge in [0.2, 0.25) is 15.8 Å². The Kier molecular flexibility index (Phi) is 5.02. The van der Waals surface area contributed by atoms with Crippen LogP contribution in [0.3, 0.4) is 0 Å². The third kappa shape index (κ3) is 4.72. The molecule has 8 nitrogen and oxygen atoms in total. The molecule has 118 valence electrons. The largest absolute Gasteiger partial charge is 0.306 e.